The highest BCUT2D eigenvalue weighted by molar-refractivity contribution is 5.36. The molecule has 2 atom stereocenters. The number of fused-ring (bicyclic) bond motifs is 1. The fourth-order valence-electron chi connectivity index (χ4n) is 4.36. The Morgan fingerprint density at radius 1 is 1.15 bits per heavy atom. The molecule has 2 aromatic carbocycles. The van der Waals surface area contributed by atoms with Crippen LogP contribution in [-0.4, -0.2) is 44.8 Å². The summed E-state index contributed by atoms with van der Waals surface area (Å²) in [6, 6.07) is 15.8. The maximum atomic E-state index is 6.28. The molecule has 2 aliphatic rings. The molecule has 0 bridgehead atoms. The van der Waals surface area contributed by atoms with Crippen molar-refractivity contribution in [1.82, 2.24) is 10.2 Å². The molecule has 27 heavy (non-hydrogen) atoms. The molecule has 1 N–H and O–H groups in total. The predicted octanol–water partition coefficient (Wildman–Crippen LogP) is 3.65. The van der Waals surface area contributed by atoms with Crippen LogP contribution >= 0.6 is 0 Å². The van der Waals surface area contributed by atoms with Gasteiger partial charge in [-0.3, -0.25) is 4.90 Å². The van der Waals surface area contributed by atoms with Crippen LogP contribution in [0.2, 0.25) is 0 Å². The summed E-state index contributed by atoms with van der Waals surface area (Å²) in [4.78, 5) is 2.60. The summed E-state index contributed by atoms with van der Waals surface area (Å²) in [6.07, 6.45) is 2.17. The first kappa shape index (κ1) is 18.5. The van der Waals surface area contributed by atoms with Gasteiger partial charge in [0, 0.05) is 32.2 Å². The van der Waals surface area contributed by atoms with E-state index in [2.05, 4.69) is 59.6 Å². The van der Waals surface area contributed by atoms with E-state index in [-0.39, 0.29) is 6.10 Å². The van der Waals surface area contributed by atoms with E-state index < -0.39 is 0 Å². The number of hydrogen-bond donors (Lipinski definition) is 1. The SMILES string of the molecule is COc1ccc(C(CC2OCCc3ccc(C)cc32)N2CCNCC2)cc1. The summed E-state index contributed by atoms with van der Waals surface area (Å²) >= 11 is 0. The first-order chi connectivity index (χ1) is 13.2. The van der Waals surface area contributed by atoms with Gasteiger partial charge < -0.3 is 14.8 Å². The molecule has 0 aliphatic carbocycles. The second kappa shape index (κ2) is 8.42. The van der Waals surface area contributed by atoms with Crippen LogP contribution in [0.3, 0.4) is 0 Å². The third-order valence-corrected chi connectivity index (χ3v) is 5.87. The third-order valence-electron chi connectivity index (χ3n) is 5.87. The van der Waals surface area contributed by atoms with Gasteiger partial charge in [-0.05, 0) is 48.6 Å². The molecular formula is C23H30N2O2. The highest BCUT2D eigenvalue weighted by Crippen LogP contribution is 2.38. The molecular weight excluding hydrogens is 336 g/mol. The smallest absolute Gasteiger partial charge is 0.118 e. The lowest BCUT2D eigenvalue weighted by Crippen LogP contribution is -2.45. The highest BCUT2D eigenvalue weighted by Gasteiger charge is 2.29. The standard InChI is InChI=1S/C23H30N2O2/c1-17-3-4-18-9-14-27-23(21(18)15-17)16-22(25-12-10-24-11-13-25)19-5-7-20(26-2)8-6-19/h3-8,15,22-24H,9-14,16H2,1-2H3. The number of ether oxygens (including phenoxy) is 2. The van der Waals surface area contributed by atoms with Crippen LogP contribution in [0.25, 0.3) is 0 Å². The highest BCUT2D eigenvalue weighted by atomic mass is 16.5. The Morgan fingerprint density at radius 2 is 1.93 bits per heavy atom. The maximum absolute atomic E-state index is 6.28. The van der Waals surface area contributed by atoms with E-state index in [4.69, 9.17) is 9.47 Å². The van der Waals surface area contributed by atoms with E-state index in [9.17, 15) is 0 Å². The first-order valence-electron chi connectivity index (χ1n) is 10.0. The van der Waals surface area contributed by atoms with Crippen LogP contribution in [0.4, 0.5) is 0 Å². The summed E-state index contributed by atoms with van der Waals surface area (Å²) in [7, 11) is 1.72. The zero-order chi connectivity index (χ0) is 18.6. The molecule has 0 saturated carbocycles. The lowest BCUT2D eigenvalue weighted by Gasteiger charge is -2.38. The van der Waals surface area contributed by atoms with Crippen molar-refractivity contribution in [3.8, 4) is 5.75 Å². The van der Waals surface area contributed by atoms with Gasteiger partial charge in [0.2, 0.25) is 0 Å². The van der Waals surface area contributed by atoms with E-state index in [1.807, 2.05) is 0 Å². The Morgan fingerprint density at radius 3 is 2.67 bits per heavy atom. The van der Waals surface area contributed by atoms with E-state index in [0.29, 0.717) is 6.04 Å². The van der Waals surface area contributed by atoms with Crippen molar-refractivity contribution in [2.45, 2.75) is 31.9 Å². The maximum Gasteiger partial charge on any atom is 0.118 e. The summed E-state index contributed by atoms with van der Waals surface area (Å²) in [5.41, 5.74) is 5.49. The van der Waals surface area contributed by atoms with Gasteiger partial charge in [0.15, 0.2) is 0 Å². The molecule has 0 aromatic heterocycles. The molecule has 1 fully saturated rings. The monoisotopic (exact) mass is 366 g/mol. The van der Waals surface area contributed by atoms with Crippen LogP contribution in [0.1, 0.15) is 40.8 Å². The molecule has 0 radical (unpaired) electrons. The van der Waals surface area contributed by atoms with E-state index in [1.54, 1.807) is 7.11 Å². The molecule has 4 heteroatoms. The van der Waals surface area contributed by atoms with Gasteiger partial charge in [0.1, 0.15) is 5.75 Å². The fraction of sp³-hybridized carbons (Fsp3) is 0.478. The van der Waals surface area contributed by atoms with Gasteiger partial charge in [-0.15, -0.1) is 0 Å². The van der Waals surface area contributed by atoms with Crippen LogP contribution in [0.15, 0.2) is 42.5 Å². The summed E-state index contributed by atoms with van der Waals surface area (Å²) < 4.78 is 11.6. The molecule has 4 nitrogen and oxygen atoms in total. The molecule has 144 valence electrons. The largest absolute Gasteiger partial charge is 0.497 e. The lowest BCUT2D eigenvalue weighted by atomic mass is 9.89. The molecule has 1 saturated heterocycles. The van der Waals surface area contributed by atoms with Crippen LogP contribution in [-0.2, 0) is 11.2 Å². The Balaban J connectivity index is 1.62. The Hall–Kier alpha value is -1.88. The zero-order valence-corrected chi connectivity index (χ0v) is 16.4. The molecule has 2 aliphatic heterocycles. The topological polar surface area (TPSA) is 33.7 Å². The van der Waals surface area contributed by atoms with E-state index in [1.165, 1.54) is 22.3 Å². The number of aryl methyl sites for hydroxylation is 1. The van der Waals surface area contributed by atoms with Crippen LogP contribution < -0.4 is 10.1 Å². The summed E-state index contributed by atoms with van der Waals surface area (Å²) in [5.74, 6) is 0.910. The molecule has 2 unspecified atom stereocenters. The average molecular weight is 367 g/mol. The third kappa shape index (κ3) is 4.18. The quantitative estimate of drug-likeness (QED) is 0.876. The lowest BCUT2D eigenvalue weighted by molar-refractivity contribution is 0.0119. The van der Waals surface area contributed by atoms with Crippen molar-refractivity contribution in [2.24, 2.45) is 0 Å². The normalized spacial score (nSPS) is 21.5. The molecule has 0 amide bonds. The van der Waals surface area contributed by atoms with Crippen molar-refractivity contribution in [1.29, 1.82) is 0 Å². The summed E-state index contributed by atoms with van der Waals surface area (Å²) in [5, 5.41) is 3.47. The fourth-order valence-corrected chi connectivity index (χ4v) is 4.36. The number of hydrogen-bond acceptors (Lipinski definition) is 4. The van der Waals surface area contributed by atoms with Crippen LogP contribution in [0, 0.1) is 6.92 Å². The predicted molar refractivity (Wildman–Crippen MR) is 108 cm³/mol. The minimum Gasteiger partial charge on any atom is -0.497 e. The molecule has 2 aromatic rings. The van der Waals surface area contributed by atoms with Crippen molar-refractivity contribution in [3.05, 3.63) is 64.7 Å². The summed E-state index contributed by atoms with van der Waals surface area (Å²) in [6.45, 7) is 7.23. The van der Waals surface area contributed by atoms with Crippen molar-refractivity contribution < 1.29 is 9.47 Å². The van der Waals surface area contributed by atoms with Crippen molar-refractivity contribution in [2.75, 3.05) is 39.9 Å². The van der Waals surface area contributed by atoms with Gasteiger partial charge in [-0.2, -0.15) is 0 Å². The Bertz CT molecular complexity index is 753. The number of rotatable bonds is 5. The molecule has 0 spiro atoms. The second-order valence-electron chi connectivity index (χ2n) is 7.62. The first-order valence-corrected chi connectivity index (χ1v) is 10.0. The minimum atomic E-state index is 0.163. The van der Waals surface area contributed by atoms with Gasteiger partial charge in [0.05, 0.1) is 19.8 Å². The van der Waals surface area contributed by atoms with Crippen molar-refractivity contribution in [3.63, 3.8) is 0 Å². The Labute approximate surface area is 162 Å². The van der Waals surface area contributed by atoms with Gasteiger partial charge in [-0.1, -0.05) is 35.9 Å². The second-order valence-corrected chi connectivity index (χ2v) is 7.62. The van der Waals surface area contributed by atoms with E-state index >= 15 is 0 Å². The van der Waals surface area contributed by atoms with Gasteiger partial charge in [0.25, 0.3) is 0 Å². The van der Waals surface area contributed by atoms with Crippen molar-refractivity contribution >= 4 is 0 Å². The Kier molecular flexibility index (Phi) is 5.77. The number of nitrogens with one attached hydrogen (secondary N) is 1. The zero-order valence-electron chi connectivity index (χ0n) is 16.4. The minimum absolute atomic E-state index is 0.163. The number of benzene rings is 2. The molecule has 4 rings (SSSR count). The van der Waals surface area contributed by atoms with E-state index in [0.717, 1.165) is 51.4 Å². The number of piperazine rings is 1. The van der Waals surface area contributed by atoms with Crippen LogP contribution in [0.5, 0.6) is 5.75 Å². The number of nitrogens with zero attached hydrogens (tertiary/aromatic N) is 1. The van der Waals surface area contributed by atoms with Gasteiger partial charge >= 0.3 is 0 Å². The number of methoxy groups -OCH3 is 1. The van der Waals surface area contributed by atoms with Gasteiger partial charge in [-0.25, -0.2) is 0 Å². The average Bonchev–Trinajstić information content (AvgIpc) is 2.73. The molecule has 2 heterocycles.